The van der Waals surface area contributed by atoms with Crippen molar-refractivity contribution in [1.82, 2.24) is 9.88 Å². The van der Waals surface area contributed by atoms with Crippen molar-refractivity contribution in [1.29, 1.82) is 0 Å². The number of hydrogen-bond acceptors (Lipinski definition) is 6. The minimum absolute atomic E-state index is 0.170. The molecule has 9 heteroatoms. The SMILES string of the molecule is COc1ccc2[nH]c(C(=O)Nc3ccc(-c4ccc(C(=O)N5CCc6cc(OC)c(OC)cc6C5)o4)cc3)cc2c1. The number of carbonyl (C=O) groups excluding carboxylic acids is 2. The highest BCUT2D eigenvalue weighted by atomic mass is 16.5. The molecule has 3 heterocycles. The summed E-state index contributed by atoms with van der Waals surface area (Å²) in [5.41, 5.74) is 4.90. The quantitative estimate of drug-likeness (QED) is 0.261. The van der Waals surface area contributed by atoms with Gasteiger partial charge in [-0.2, -0.15) is 0 Å². The number of aromatic amines is 1. The Balaban J connectivity index is 1.12. The van der Waals surface area contributed by atoms with Crippen molar-refractivity contribution in [2.75, 3.05) is 33.2 Å². The van der Waals surface area contributed by atoms with Gasteiger partial charge in [-0.25, -0.2) is 0 Å². The predicted octanol–water partition coefficient (Wildman–Crippen LogP) is 5.90. The molecule has 0 unspecified atom stereocenters. The maximum Gasteiger partial charge on any atom is 0.289 e. The predicted molar refractivity (Wildman–Crippen MR) is 155 cm³/mol. The first kappa shape index (κ1) is 26.1. The Morgan fingerprint density at radius 3 is 2.34 bits per heavy atom. The number of methoxy groups -OCH3 is 3. The van der Waals surface area contributed by atoms with Crippen LogP contribution in [0.1, 0.15) is 32.2 Å². The van der Waals surface area contributed by atoms with Crippen molar-refractivity contribution in [3.8, 4) is 28.6 Å². The van der Waals surface area contributed by atoms with Gasteiger partial charge in [-0.15, -0.1) is 0 Å². The Morgan fingerprint density at radius 1 is 0.854 bits per heavy atom. The Morgan fingerprint density at radius 2 is 1.61 bits per heavy atom. The van der Waals surface area contributed by atoms with Gasteiger partial charge < -0.3 is 33.8 Å². The molecule has 1 aliphatic rings. The number of aromatic nitrogens is 1. The molecule has 1 aliphatic heterocycles. The van der Waals surface area contributed by atoms with Gasteiger partial charge in [-0.05, 0) is 90.3 Å². The summed E-state index contributed by atoms with van der Waals surface area (Å²) in [5.74, 6) is 2.48. The van der Waals surface area contributed by atoms with Crippen LogP contribution in [0.2, 0.25) is 0 Å². The number of carbonyl (C=O) groups is 2. The van der Waals surface area contributed by atoms with Gasteiger partial charge in [0.15, 0.2) is 17.3 Å². The fraction of sp³-hybridized carbons (Fsp3) is 0.188. The highest BCUT2D eigenvalue weighted by Gasteiger charge is 2.26. The van der Waals surface area contributed by atoms with E-state index in [0.29, 0.717) is 41.7 Å². The van der Waals surface area contributed by atoms with Crippen LogP contribution in [0.4, 0.5) is 5.69 Å². The number of nitrogens with one attached hydrogen (secondary N) is 2. The zero-order chi connectivity index (χ0) is 28.5. The number of amides is 2. The van der Waals surface area contributed by atoms with Gasteiger partial charge in [0.2, 0.25) is 0 Å². The molecule has 6 rings (SSSR count). The summed E-state index contributed by atoms with van der Waals surface area (Å²) in [5, 5.41) is 3.80. The molecule has 5 aromatic rings. The van der Waals surface area contributed by atoms with E-state index in [0.717, 1.165) is 39.8 Å². The summed E-state index contributed by atoms with van der Waals surface area (Å²) < 4.78 is 22.1. The molecule has 41 heavy (non-hydrogen) atoms. The molecule has 0 atom stereocenters. The lowest BCUT2D eigenvalue weighted by molar-refractivity contribution is 0.0703. The average Bonchev–Trinajstić information content (AvgIpc) is 3.67. The van der Waals surface area contributed by atoms with Crippen LogP contribution in [0.15, 0.2) is 77.2 Å². The Labute approximate surface area is 236 Å². The molecule has 2 N–H and O–H groups in total. The number of furan rings is 1. The lowest BCUT2D eigenvalue weighted by Gasteiger charge is -2.29. The first-order valence-corrected chi connectivity index (χ1v) is 13.2. The van der Waals surface area contributed by atoms with Crippen molar-refractivity contribution in [3.05, 3.63) is 95.4 Å². The number of benzene rings is 3. The van der Waals surface area contributed by atoms with E-state index in [1.807, 2.05) is 42.5 Å². The maximum absolute atomic E-state index is 13.3. The molecule has 0 aliphatic carbocycles. The van der Waals surface area contributed by atoms with Crippen LogP contribution in [0.25, 0.3) is 22.2 Å². The number of fused-ring (bicyclic) bond motifs is 2. The van der Waals surface area contributed by atoms with Crippen LogP contribution in [0.5, 0.6) is 17.2 Å². The Kier molecular flexibility index (Phi) is 6.84. The smallest absolute Gasteiger partial charge is 0.289 e. The number of rotatable bonds is 7. The van der Waals surface area contributed by atoms with Crippen LogP contribution in [-0.4, -0.2) is 49.6 Å². The van der Waals surface area contributed by atoms with E-state index in [9.17, 15) is 9.59 Å². The molecule has 0 saturated carbocycles. The van der Waals surface area contributed by atoms with Gasteiger partial charge in [0.05, 0.1) is 21.3 Å². The molecule has 3 aromatic carbocycles. The zero-order valence-corrected chi connectivity index (χ0v) is 22.9. The van der Waals surface area contributed by atoms with Crippen LogP contribution in [0, 0.1) is 0 Å². The van der Waals surface area contributed by atoms with E-state index in [2.05, 4.69) is 10.3 Å². The van der Waals surface area contributed by atoms with Crippen molar-refractivity contribution in [2.24, 2.45) is 0 Å². The second-order valence-electron chi connectivity index (χ2n) is 9.78. The van der Waals surface area contributed by atoms with E-state index in [1.54, 1.807) is 56.6 Å². The average molecular weight is 552 g/mol. The van der Waals surface area contributed by atoms with E-state index >= 15 is 0 Å². The second-order valence-corrected chi connectivity index (χ2v) is 9.78. The van der Waals surface area contributed by atoms with E-state index in [-0.39, 0.29) is 17.6 Å². The van der Waals surface area contributed by atoms with Crippen molar-refractivity contribution < 1.29 is 28.2 Å². The number of ether oxygens (including phenoxy) is 3. The molecule has 208 valence electrons. The molecular weight excluding hydrogens is 522 g/mol. The van der Waals surface area contributed by atoms with Gasteiger partial charge in [-0.3, -0.25) is 9.59 Å². The molecular formula is C32H29N3O6. The van der Waals surface area contributed by atoms with Gasteiger partial charge in [0.25, 0.3) is 11.8 Å². The van der Waals surface area contributed by atoms with E-state index in [4.69, 9.17) is 18.6 Å². The molecule has 0 radical (unpaired) electrons. The first-order valence-electron chi connectivity index (χ1n) is 13.2. The zero-order valence-electron chi connectivity index (χ0n) is 22.9. The highest BCUT2D eigenvalue weighted by Crippen LogP contribution is 2.34. The van der Waals surface area contributed by atoms with Gasteiger partial charge in [0, 0.05) is 35.2 Å². The number of hydrogen-bond donors (Lipinski definition) is 2. The second kappa shape index (κ2) is 10.8. The summed E-state index contributed by atoms with van der Waals surface area (Å²) in [7, 11) is 4.82. The third-order valence-corrected chi connectivity index (χ3v) is 7.32. The normalized spacial score (nSPS) is 12.6. The molecule has 9 nitrogen and oxygen atoms in total. The topological polar surface area (TPSA) is 106 Å². The third kappa shape index (κ3) is 5.09. The monoisotopic (exact) mass is 551 g/mol. The van der Waals surface area contributed by atoms with E-state index in [1.165, 1.54) is 0 Å². The van der Waals surface area contributed by atoms with Crippen LogP contribution in [0.3, 0.4) is 0 Å². The minimum atomic E-state index is -0.252. The summed E-state index contributed by atoms with van der Waals surface area (Å²) in [6.45, 7) is 1.04. The van der Waals surface area contributed by atoms with Gasteiger partial charge >= 0.3 is 0 Å². The van der Waals surface area contributed by atoms with Crippen molar-refractivity contribution >= 4 is 28.4 Å². The fourth-order valence-corrected chi connectivity index (χ4v) is 5.10. The van der Waals surface area contributed by atoms with Gasteiger partial charge in [0.1, 0.15) is 17.2 Å². The highest BCUT2D eigenvalue weighted by molar-refractivity contribution is 6.06. The Hall–Kier alpha value is -5.18. The van der Waals surface area contributed by atoms with Crippen LogP contribution < -0.4 is 19.5 Å². The number of H-pyrrole nitrogens is 1. The van der Waals surface area contributed by atoms with Gasteiger partial charge in [-0.1, -0.05) is 0 Å². The molecule has 0 fully saturated rings. The summed E-state index contributed by atoms with van der Waals surface area (Å²) in [6.07, 6.45) is 0.717. The summed E-state index contributed by atoms with van der Waals surface area (Å²) in [6, 6.07) is 22.0. The van der Waals surface area contributed by atoms with E-state index < -0.39 is 0 Å². The molecule has 0 saturated heterocycles. The van der Waals surface area contributed by atoms with Crippen LogP contribution >= 0.6 is 0 Å². The van der Waals surface area contributed by atoms with Crippen molar-refractivity contribution in [2.45, 2.75) is 13.0 Å². The lowest BCUT2D eigenvalue weighted by Crippen LogP contribution is -2.35. The number of anilines is 1. The standard InChI is InChI=1S/C32H29N3O6/c1-38-24-8-9-25-21(14-24)15-26(34-25)31(36)33-23-6-4-19(5-7-23)27-10-11-28(41-27)32(37)35-13-12-20-16-29(39-2)30(40-3)17-22(20)18-35/h4-11,14-17,34H,12-13,18H2,1-3H3,(H,33,36). The Bertz CT molecular complexity index is 1750. The summed E-state index contributed by atoms with van der Waals surface area (Å²) in [4.78, 5) is 31.0. The lowest BCUT2D eigenvalue weighted by atomic mass is 9.98. The molecule has 0 spiro atoms. The molecule has 0 bridgehead atoms. The molecule has 2 aromatic heterocycles. The minimum Gasteiger partial charge on any atom is -0.497 e. The number of nitrogens with zero attached hydrogens (tertiary/aromatic N) is 1. The van der Waals surface area contributed by atoms with Crippen molar-refractivity contribution in [3.63, 3.8) is 0 Å². The summed E-state index contributed by atoms with van der Waals surface area (Å²) >= 11 is 0. The molecule has 2 amide bonds. The maximum atomic E-state index is 13.3. The van der Waals surface area contributed by atoms with Crippen LogP contribution in [-0.2, 0) is 13.0 Å². The third-order valence-electron chi connectivity index (χ3n) is 7.32. The first-order chi connectivity index (χ1) is 19.9. The fourth-order valence-electron chi connectivity index (χ4n) is 5.10. The largest absolute Gasteiger partial charge is 0.497 e.